The largest absolute Gasteiger partial charge is 0.419 e. The number of aromatic nitrogens is 2. The number of hydrogen-bond acceptors (Lipinski definition) is 7. The standard InChI is InChI=1S/C22H21N3O5/c1-22(2)29-20(27)16(21(28)30-22)13-23-15-8-9-18-17(12-15)24-19(25(18)10-11-26)14-6-4-3-5-7-14/h3-9,12-13,23,26H,10-11H2,1-2H3. The first-order valence-corrected chi connectivity index (χ1v) is 9.48. The molecule has 1 aliphatic rings. The van der Waals surface area contributed by atoms with Gasteiger partial charge in [0.1, 0.15) is 5.82 Å². The number of esters is 2. The summed E-state index contributed by atoms with van der Waals surface area (Å²) in [6.07, 6.45) is 1.27. The SMILES string of the molecule is CC1(C)OC(=O)C(=CNc2ccc3c(c2)nc(-c2ccccc2)n3CCO)C(=O)O1. The first-order valence-electron chi connectivity index (χ1n) is 9.48. The van der Waals surface area contributed by atoms with Gasteiger partial charge in [-0.25, -0.2) is 14.6 Å². The normalized spacial score (nSPS) is 15.6. The zero-order valence-electron chi connectivity index (χ0n) is 16.6. The molecule has 1 fully saturated rings. The number of nitrogens with zero attached hydrogens (tertiary/aromatic N) is 2. The van der Waals surface area contributed by atoms with E-state index in [1.165, 1.54) is 20.0 Å². The summed E-state index contributed by atoms with van der Waals surface area (Å²) in [7, 11) is 0. The van der Waals surface area contributed by atoms with Crippen molar-refractivity contribution in [1.82, 2.24) is 9.55 Å². The number of imidazole rings is 1. The molecule has 2 aromatic carbocycles. The lowest BCUT2D eigenvalue weighted by molar-refractivity contribution is -0.222. The van der Waals surface area contributed by atoms with E-state index in [2.05, 4.69) is 5.32 Å². The van der Waals surface area contributed by atoms with Crippen molar-refractivity contribution in [3.63, 3.8) is 0 Å². The zero-order valence-corrected chi connectivity index (χ0v) is 16.6. The van der Waals surface area contributed by atoms with Gasteiger partial charge >= 0.3 is 11.9 Å². The molecule has 30 heavy (non-hydrogen) atoms. The third kappa shape index (κ3) is 3.77. The molecule has 0 aliphatic carbocycles. The van der Waals surface area contributed by atoms with Crippen LogP contribution in [0.3, 0.4) is 0 Å². The highest BCUT2D eigenvalue weighted by atomic mass is 16.7. The van der Waals surface area contributed by atoms with Gasteiger partial charge in [0.15, 0.2) is 5.57 Å². The van der Waals surface area contributed by atoms with Crippen LogP contribution in [0.25, 0.3) is 22.4 Å². The minimum Gasteiger partial charge on any atom is -0.419 e. The molecule has 2 heterocycles. The van der Waals surface area contributed by atoms with Gasteiger partial charge in [-0.3, -0.25) is 0 Å². The molecule has 1 saturated heterocycles. The molecule has 0 amide bonds. The number of ether oxygens (including phenoxy) is 2. The molecule has 0 saturated carbocycles. The number of aliphatic hydroxyl groups excluding tert-OH is 1. The second-order valence-electron chi connectivity index (χ2n) is 7.26. The zero-order chi connectivity index (χ0) is 21.3. The van der Waals surface area contributed by atoms with Crippen molar-refractivity contribution in [1.29, 1.82) is 0 Å². The third-order valence-corrected chi connectivity index (χ3v) is 4.60. The van der Waals surface area contributed by atoms with E-state index in [-0.39, 0.29) is 12.2 Å². The molecule has 8 heteroatoms. The van der Waals surface area contributed by atoms with Gasteiger partial charge in [0.05, 0.1) is 17.6 Å². The molecular weight excluding hydrogens is 386 g/mol. The number of carbonyl (C=O) groups is 2. The Kier molecular flexibility index (Phi) is 5.01. The number of nitrogens with one attached hydrogen (secondary N) is 1. The fourth-order valence-electron chi connectivity index (χ4n) is 3.29. The van der Waals surface area contributed by atoms with Crippen LogP contribution in [-0.4, -0.2) is 39.0 Å². The number of aliphatic hydroxyl groups is 1. The molecule has 154 valence electrons. The van der Waals surface area contributed by atoms with Crippen LogP contribution in [0.15, 0.2) is 60.3 Å². The van der Waals surface area contributed by atoms with Crippen LogP contribution in [0.1, 0.15) is 13.8 Å². The third-order valence-electron chi connectivity index (χ3n) is 4.60. The Morgan fingerprint density at radius 3 is 2.47 bits per heavy atom. The van der Waals surface area contributed by atoms with Gasteiger partial charge in [-0.1, -0.05) is 30.3 Å². The van der Waals surface area contributed by atoms with Crippen molar-refractivity contribution >= 4 is 28.7 Å². The number of benzene rings is 2. The Balaban J connectivity index is 1.66. The second kappa shape index (κ2) is 7.64. The summed E-state index contributed by atoms with van der Waals surface area (Å²) in [4.78, 5) is 28.8. The molecule has 4 rings (SSSR count). The molecule has 2 N–H and O–H groups in total. The van der Waals surface area contributed by atoms with Crippen molar-refractivity contribution in [2.45, 2.75) is 26.2 Å². The highest BCUT2D eigenvalue weighted by Crippen LogP contribution is 2.27. The predicted octanol–water partition coefficient (Wildman–Crippen LogP) is 2.83. The number of rotatable bonds is 5. The van der Waals surface area contributed by atoms with Crippen LogP contribution < -0.4 is 5.32 Å². The number of cyclic esters (lactones) is 2. The van der Waals surface area contributed by atoms with Crippen molar-refractivity contribution in [2.75, 3.05) is 11.9 Å². The van der Waals surface area contributed by atoms with Crippen molar-refractivity contribution in [3.8, 4) is 11.4 Å². The summed E-state index contributed by atoms with van der Waals surface area (Å²) >= 11 is 0. The van der Waals surface area contributed by atoms with Gasteiger partial charge in [0, 0.05) is 37.8 Å². The van der Waals surface area contributed by atoms with Crippen molar-refractivity contribution in [2.24, 2.45) is 0 Å². The van der Waals surface area contributed by atoms with Crippen molar-refractivity contribution in [3.05, 3.63) is 60.3 Å². The number of carbonyl (C=O) groups excluding carboxylic acids is 2. The van der Waals surface area contributed by atoms with Crippen LogP contribution in [0.4, 0.5) is 5.69 Å². The Hall–Kier alpha value is -3.65. The summed E-state index contributed by atoms with van der Waals surface area (Å²) in [5, 5.41) is 12.4. The first-order chi connectivity index (χ1) is 14.4. The topological polar surface area (TPSA) is 103 Å². The monoisotopic (exact) mass is 407 g/mol. The molecule has 0 atom stereocenters. The van der Waals surface area contributed by atoms with E-state index in [1.54, 1.807) is 12.1 Å². The summed E-state index contributed by atoms with van der Waals surface area (Å²) in [5.41, 5.74) is 2.92. The van der Waals surface area contributed by atoms with Gasteiger partial charge in [0.25, 0.3) is 5.79 Å². The maximum Gasteiger partial charge on any atom is 0.350 e. The molecule has 1 aromatic heterocycles. The fraction of sp³-hybridized carbons (Fsp3) is 0.227. The lowest BCUT2D eigenvalue weighted by Gasteiger charge is -2.29. The van der Waals surface area contributed by atoms with Gasteiger partial charge in [-0.2, -0.15) is 0 Å². The van der Waals surface area contributed by atoms with Crippen LogP contribution >= 0.6 is 0 Å². The maximum atomic E-state index is 12.1. The molecular formula is C22H21N3O5. The molecule has 0 radical (unpaired) electrons. The van der Waals surface area contributed by atoms with Crippen LogP contribution in [-0.2, 0) is 25.6 Å². The summed E-state index contributed by atoms with van der Waals surface area (Å²) in [5.74, 6) is -2.03. The Labute approximate surface area is 172 Å². The fourth-order valence-corrected chi connectivity index (χ4v) is 3.29. The summed E-state index contributed by atoms with van der Waals surface area (Å²) in [6, 6.07) is 15.2. The van der Waals surface area contributed by atoms with Gasteiger partial charge in [-0.15, -0.1) is 0 Å². The Bertz CT molecular complexity index is 1130. The van der Waals surface area contributed by atoms with E-state index in [9.17, 15) is 14.7 Å². The maximum absolute atomic E-state index is 12.1. The lowest BCUT2D eigenvalue weighted by atomic mass is 10.2. The Morgan fingerprint density at radius 1 is 1.10 bits per heavy atom. The summed E-state index contributed by atoms with van der Waals surface area (Å²) < 4.78 is 12.1. The molecule has 0 spiro atoms. The van der Waals surface area contributed by atoms with E-state index in [1.807, 2.05) is 41.0 Å². The predicted molar refractivity (Wildman–Crippen MR) is 110 cm³/mol. The molecule has 3 aromatic rings. The molecule has 0 unspecified atom stereocenters. The van der Waals surface area contributed by atoms with E-state index < -0.39 is 17.7 Å². The minimum atomic E-state index is -1.28. The van der Waals surface area contributed by atoms with Crippen molar-refractivity contribution < 1.29 is 24.2 Å². The van der Waals surface area contributed by atoms with Crippen LogP contribution in [0, 0.1) is 0 Å². The molecule has 8 nitrogen and oxygen atoms in total. The van der Waals surface area contributed by atoms with E-state index in [0.29, 0.717) is 17.7 Å². The average molecular weight is 407 g/mol. The Morgan fingerprint density at radius 2 is 1.80 bits per heavy atom. The molecule has 0 bridgehead atoms. The average Bonchev–Trinajstić information content (AvgIpc) is 3.05. The van der Waals surface area contributed by atoms with Crippen LogP contribution in [0.5, 0.6) is 0 Å². The van der Waals surface area contributed by atoms with E-state index in [0.717, 1.165) is 16.9 Å². The first kappa shape index (κ1) is 19.7. The van der Waals surface area contributed by atoms with Gasteiger partial charge in [0.2, 0.25) is 0 Å². The summed E-state index contributed by atoms with van der Waals surface area (Å²) in [6.45, 7) is 3.38. The molecule has 1 aliphatic heterocycles. The van der Waals surface area contributed by atoms with Crippen LogP contribution in [0.2, 0.25) is 0 Å². The number of fused-ring (bicyclic) bond motifs is 1. The van der Waals surface area contributed by atoms with E-state index in [4.69, 9.17) is 14.5 Å². The highest BCUT2D eigenvalue weighted by Gasteiger charge is 2.38. The highest BCUT2D eigenvalue weighted by molar-refractivity contribution is 6.15. The smallest absolute Gasteiger partial charge is 0.350 e. The minimum absolute atomic E-state index is 0.0159. The van der Waals surface area contributed by atoms with Gasteiger partial charge in [-0.05, 0) is 18.2 Å². The lowest BCUT2D eigenvalue weighted by Crippen LogP contribution is -2.42. The number of hydrogen-bond donors (Lipinski definition) is 2. The quantitative estimate of drug-likeness (QED) is 0.381. The second-order valence-corrected chi connectivity index (χ2v) is 7.26. The number of anilines is 1. The van der Waals surface area contributed by atoms with E-state index >= 15 is 0 Å². The van der Waals surface area contributed by atoms with Gasteiger partial charge < -0.3 is 24.5 Å².